The van der Waals surface area contributed by atoms with E-state index in [1.807, 2.05) is 42.5 Å². The number of nitrogens with two attached hydrogens (primary N) is 1. The number of rotatable bonds is 8. The molecule has 0 saturated carbocycles. The first-order valence-corrected chi connectivity index (χ1v) is 9.48. The number of nitrogens with one attached hydrogen (secondary N) is 2. The Labute approximate surface area is 172 Å². The second-order valence-corrected chi connectivity index (χ2v) is 6.81. The van der Waals surface area contributed by atoms with Crippen LogP contribution in [0.1, 0.15) is 5.56 Å². The smallest absolute Gasteiger partial charge is 0.160 e. The van der Waals surface area contributed by atoms with Crippen molar-refractivity contribution in [2.45, 2.75) is 6.42 Å². The number of hydrogen-bond donors (Lipinski definition) is 3. The van der Waals surface area contributed by atoms with E-state index in [2.05, 4.69) is 36.5 Å². The predicted molar refractivity (Wildman–Crippen MR) is 116 cm³/mol. The van der Waals surface area contributed by atoms with Crippen LogP contribution in [-0.4, -0.2) is 30.7 Å². The summed E-state index contributed by atoms with van der Waals surface area (Å²) >= 11 is 3.51. The largest absolute Gasteiger partial charge is 0.493 e. The molecule has 0 amide bonds. The van der Waals surface area contributed by atoms with Gasteiger partial charge in [0, 0.05) is 11.0 Å². The lowest BCUT2D eigenvalue weighted by Crippen LogP contribution is -2.11. The topological polar surface area (TPSA) is 94.3 Å². The van der Waals surface area contributed by atoms with Gasteiger partial charge in [0.2, 0.25) is 0 Å². The number of para-hydroxylation sites is 1. The molecule has 0 aliphatic carbocycles. The molecule has 0 aliphatic heterocycles. The zero-order valence-electron chi connectivity index (χ0n) is 15.7. The summed E-state index contributed by atoms with van der Waals surface area (Å²) in [5, 5.41) is 6.49. The summed E-state index contributed by atoms with van der Waals surface area (Å²) in [4.78, 5) is 8.50. The van der Waals surface area contributed by atoms with E-state index in [4.69, 9.17) is 15.2 Å². The van der Waals surface area contributed by atoms with E-state index in [1.165, 1.54) is 6.33 Å². The number of ether oxygens (including phenoxy) is 2. The first-order chi connectivity index (χ1) is 13.6. The molecule has 0 atom stereocenters. The van der Waals surface area contributed by atoms with Crippen LogP contribution in [0.15, 0.2) is 53.3 Å². The minimum Gasteiger partial charge on any atom is -0.493 e. The van der Waals surface area contributed by atoms with Crippen LogP contribution in [0, 0.1) is 0 Å². The molecule has 8 heteroatoms. The maximum absolute atomic E-state index is 6.24. The van der Waals surface area contributed by atoms with Gasteiger partial charge in [-0.15, -0.1) is 0 Å². The van der Waals surface area contributed by atoms with Gasteiger partial charge < -0.3 is 25.8 Å². The number of aromatic nitrogens is 2. The van der Waals surface area contributed by atoms with Gasteiger partial charge in [-0.05, 0) is 52.2 Å². The summed E-state index contributed by atoms with van der Waals surface area (Å²) in [6, 6.07) is 13.6. The molecular weight excluding hydrogens is 422 g/mol. The van der Waals surface area contributed by atoms with Crippen LogP contribution in [0.2, 0.25) is 0 Å². The lowest BCUT2D eigenvalue weighted by Gasteiger charge is -2.14. The standard InChI is InChI=1S/C20H22BrN5O2/c1-27-16-8-7-13(11-17(16)28-2)9-10-23-19-18(22)20(25-12-24-19)26-15-6-4-3-5-14(15)21/h3-8,11-12H,9-10,22H2,1-2H3,(H2,23,24,25,26). The average Bonchev–Trinajstić information content (AvgIpc) is 2.72. The number of halogens is 1. The average molecular weight is 444 g/mol. The monoisotopic (exact) mass is 443 g/mol. The molecule has 0 radical (unpaired) electrons. The Bertz CT molecular complexity index is 952. The van der Waals surface area contributed by atoms with Crippen LogP contribution in [0.25, 0.3) is 0 Å². The molecule has 146 valence electrons. The summed E-state index contributed by atoms with van der Waals surface area (Å²) in [5.74, 6) is 2.56. The van der Waals surface area contributed by atoms with E-state index >= 15 is 0 Å². The van der Waals surface area contributed by atoms with Crippen LogP contribution < -0.4 is 25.8 Å². The molecule has 28 heavy (non-hydrogen) atoms. The molecule has 0 bridgehead atoms. The van der Waals surface area contributed by atoms with E-state index in [1.54, 1.807) is 14.2 Å². The third-order valence-corrected chi connectivity index (χ3v) is 4.86. The van der Waals surface area contributed by atoms with Crippen molar-refractivity contribution >= 4 is 38.9 Å². The number of anilines is 4. The van der Waals surface area contributed by atoms with E-state index in [9.17, 15) is 0 Å². The number of nitrogen functional groups attached to an aromatic ring is 1. The molecule has 1 heterocycles. The fourth-order valence-electron chi connectivity index (χ4n) is 2.69. The summed E-state index contributed by atoms with van der Waals surface area (Å²) in [5.41, 5.74) is 8.70. The number of hydrogen-bond acceptors (Lipinski definition) is 7. The summed E-state index contributed by atoms with van der Waals surface area (Å²) in [6.45, 7) is 0.658. The molecule has 0 aliphatic rings. The van der Waals surface area contributed by atoms with Gasteiger partial charge in [0.05, 0.1) is 19.9 Å². The van der Waals surface area contributed by atoms with Crippen molar-refractivity contribution in [2.75, 3.05) is 37.1 Å². The van der Waals surface area contributed by atoms with Crippen molar-refractivity contribution in [1.82, 2.24) is 9.97 Å². The van der Waals surface area contributed by atoms with Gasteiger partial charge in [-0.2, -0.15) is 0 Å². The van der Waals surface area contributed by atoms with Crippen molar-refractivity contribution in [3.05, 3.63) is 58.8 Å². The van der Waals surface area contributed by atoms with Crippen molar-refractivity contribution in [1.29, 1.82) is 0 Å². The van der Waals surface area contributed by atoms with Crippen molar-refractivity contribution in [2.24, 2.45) is 0 Å². The highest BCUT2D eigenvalue weighted by molar-refractivity contribution is 9.10. The fraction of sp³-hybridized carbons (Fsp3) is 0.200. The lowest BCUT2D eigenvalue weighted by molar-refractivity contribution is 0.354. The molecule has 0 fully saturated rings. The lowest BCUT2D eigenvalue weighted by atomic mass is 10.1. The zero-order valence-corrected chi connectivity index (χ0v) is 17.3. The Morgan fingerprint density at radius 2 is 1.75 bits per heavy atom. The number of methoxy groups -OCH3 is 2. The number of nitrogens with zero attached hydrogens (tertiary/aromatic N) is 2. The minimum atomic E-state index is 0.463. The SMILES string of the molecule is COc1ccc(CCNc2ncnc(Nc3ccccc3Br)c2N)cc1OC. The van der Waals surface area contributed by atoms with E-state index < -0.39 is 0 Å². The number of benzene rings is 2. The van der Waals surface area contributed by atoms with Crippen LogP contribution >= 0.6 is 15.9 Å². The van der Waals surface area contributed by atoms with E-state index in [-0.39, 0.29) is 0 Å². The summed E-state index contributed by atoms with van der Waals surface area (Å²) in [7, 11) is 3.25. The second-order valence-electron chi connectivity index (χ2n) is 5.96. The molecule has 0 spiro atoms. The first-order valence-electron chi connectivity index (χ1n) is 8.69. The van der Waals surface area contributed by atoms with Gasteiger partial charge in [0.1, 0.15) is 12.0 Å². The van der Waals surface area contributed by atoms with Gasteiger partial charge >= 0.3 is 0 Å². The molecule has 4 N–H and O–H groups in total. The highest BCUT2D eigenvalue weighted by Crippen LogP contribution is 2.30. The third kappa shape index (κ3) is 4.64. The Morgan fingerprint density at radius 3 is 2.50 bits per heavy atom. The molecule has 3 aromatic rings. The zero-order chi connectivity index (χ0) is 19.9. The predicted octanol–water partition coefficient (Wildman–Crippen LogP) is 4.24. The van der Waals surface area contributed by atoms with Gasteiger partial charge in [-0.3, -0.25) is 0 Å². The maximum Gasteiger partial charge on any atom is 0.160 e. The molecule has 3 rings (SSSR count). The Kier molecular flexibility index (Phi) is 6.54. The Morgan fingerprint density at radius 1 is 1.00 bits per heavy atom. The molecule has 1 aromatic heterocycles. The van der Waals surface area contributed by atoms with Crippen LogP contribution in [-0.2, 0) is 6.42 Å². The Balaban J connectivity index is 1.66. The first kappa shape index (κ1) is 19.8. The highest BCUT2D eigenvalue weighted by Gasteiger charge is 2.10. The minimum absolute atomic E-state index is 0.463. The second kappa shape index (κ2) is 9.27. The third-order valence-electron chi connectivity index (χ3n) is 4.16. The van der Waals surface area contributed by atoms with Crippen molar-refractivity contribution < 1.29 is 9.47 Å². The molecule has 0 saturated heterocycles. The van der Waals surface area contributed by atoms with Crippen LogP contribution in [0.5, 0.6) is 11.5 Å². The quantitative estimate of drug-likeness (QED) is 0.479. The Hall–Kier alpha value is -3.00. The van der Waals surface area contributed by atoms with E-state index in [0.717, 1.165) is 22.1 Å². The highest BCUT2D eigenvalue weighted by atomic mass is 79.9. The molecule has 7 nitrogen and oxygen atoms in total. The van der Waals surface area contributed by atoms with Crippen LogP contribution in [0.3, 0.4) is 0 Å². The van der Waals surface area contributed by atoms with E-state index in [0.29, 0.717) is 35.4 Å². The molecular formula is C20H22BrN5O2. The molecule has 2 aromatic carbocycles. The normalized spacial score (nSPS) is 10.4. The summed E-state index contributed by atoms with van der Waals surface area (Å²) < 4.78 is 11.5. The maximum atomic E-state index is 6.24. The van der Waals surface area contributed by atoms with Crippen molar-refractivity contribution in [3.63, 3.8) is 0 Å². The van der Waals surface area contributed by atoms with Gasteiger partial charge in [-0.25, -0.2) is 9.97 Å². The van der Waals surface area contributed by atoms with Gasteiger partial charge in [0.25, 0.3) is 0 Å². The fourth-order valence-corrected chi connectivity index (χ4v) is 3.07. The van der Waals surface area contributed by atoms with Gasteiger partial charge in [0.15, 0.2) is 23.1 Å². The molecule has 0 unspecified atom stereocenters. The van der Waals surface area contributed by atoms with Gasteiger partial charge in [-0.1, -0.05) is 18.2 Å². The summed E-state index contributed by atoms with van der Waals surface area (Å²) in [6.07, 6.45) is 2.26. The van der Waals surface area contributed by atoms with Crippen LogP contribution in [0.4, 0.5) is 23.0 Å². The van der Waals surface area contributed by atoms with Crippen molar-refractivity contribution in [3.8, 4) is 11.5 Å².